The van der Waals surface area contributed by atoms with Crippen LogP contribution >= 0.6 is 0 Å². The second kappa shape index (κ2) is 6.73. The fourth-order valence-corrected chi connectivity index (χ4v) is 2.21. The lowest BCUT2D eigenvalue weighted by Crippen LogP contribution is -2.49. The van der Waals surface area contributed by atoms with Gasteiger partial charge in [0.1, 0.15) is 6.04 Å². The minimum atomic E-state index is -0.961. The van der Waals surface area contributed by atoms with Crippen LogP contribution in [0.4, 0.5) is 0 Å². The number of hydrogen-bond acceptors (Lipinski definition) is 3. The summed E-state index contributed by atoms with van der Waals surface area (Å²) in [5.74, 6) is -1.17. The Hall–Kier alpha value is -1.10. The zero-order chi connectivity index (χ0) is 13.7. The number of carboxylic acid groups (broad SMARTS) is 1. The lowest BCUT2D eigenvalue weighted by Gasteiger charge is -2.30. The molecule has 1 rings (SSSR count). The van der Waals surface area contributed by atoms with Gasteiger partial charge in [0.15, 0.2) is 0 Å². The molecule has 1 saturated heterocycles. The van der Waals surface area contributed by atoms with Crippen LogP contribution in [0.25, 0.3) is 0 Å². The molecule has 0 aromatic heterocycles. The first kappa shape index (κ1) is 15.0. The van der Waals surface area contributed by atoms with Crippen LogP contribution in [0, 0.1) is 17.8 Å². The molecule has 2 unspecified atom stereocenters. The molecule has 0 aromatic carbocycles. The second-order valence-corrected chi connectivity index (χ2v) is 5.16. The van der Waals surface area contributed by atoms with Crippen molar-refractivity contribution in [1.29, 1.82) is 0 Å². The van der Waals surface area contributed by atoms with Crippen LogP contribution in [0.15, 0.2) is 0 Å². The van der Waals surface area contributed by atoms with E-state index in [-0.39, 0.29) is 23.7 Å². The van der Waals surface area contributed by atoms with Gasteiger partial charge in [0.2, 0.25) is 5.91 Å². The molecule has 0 spiro atoms. The monoisotopic (exact) mass is 257 g/mol. The minimum absolute atomic E-state index is 0.0680. The molecule has 0 bridgehead atoms. The Balaban J connectivity index is 2.63. The van der Waals surface area contributed by atoms with Gasteiger partial charge in [-0.2, -0.15) is 0 Å². The molecule has 2 N–H and O–H groups in total. The maximum Gasteiger partial charge on any atom is 0.326 e. The number of rotatable bonds is 5. The summed E-state index contributed by atoms with van der Waals surface area (Å²) >= 11 is 0. The summed E-state index contributed by atoms with van der Waals surface area (Å²) in [6.45, 7) is 6.86. The van der Waals surface area contributed by atoms with Crippen molar-refractivity contribution < 1.29 is 19.4 Å². The van der Waals surface area contributed by atoms with E-state index >= 15 is 0 Å². The van der Waals surface area contributed by atoms with Gasteiger partial charge in [-0.3, -0.25) is 4.79 Å². The van der Waals surface area contributed by atoms with Gasteiger partial charge >= 0.3 is 5.97 Å². The highest BCUT2D eigenvalue weighted by molar-refractivity contribution is 5.85. The Morgan fingerprint density at radius 2 is 2.17 bits per heavy atom. The number of aliphatic carboxylic acids is 1. The lowest BCUT2D eigenvalue weighted by atomic mass is 9.88. The van der Waals surface area contributed by atoms with Crippen molar-refractivity contribution in [3.63, 3.8) is 0 Å². The first-order chi connectivity index (χ1) is 8.47. The summed E-state index contributed by atoms with van der Waals surface area (Å²) < 4.78 is 5.29. The van der Waals surface area contributed by atoms with Crippen molar-refractivity contribution in [3.8, 4) is 0 Å². The normalized spacial score (nSPS) is 27.3. The van der Waals surface area contributed by atoms with E-state index in [4.69, 9.17) is 9.84 Å². The van der Waals surface area contributed by atoms with E-state index in [9.17, 15) is 9.59 Å². The summed E-state index contributed by atoms with van der Waals surface area (Å²) in [5, 5.41) is 11.8. The van der Waals surface area contributed by atoms with Crippen molar-refractivity contribution in [2.45, 2.75) is 39.7 Å². The molecule has 1 fully saturated rings. The first-order valence-corrected chi connectivity index (χ1v) is 6.58. The standard InChI is InChI=1S/C13H23NO4/c1-4-8(2)11(13(16)17)14-12(15)10-5-6-18-7-9(10)3/h8-11H,4-7H2,1-3H3,(H,14,15)(H,16,17)/t8-,9?,10?,11-/m0/s1. The molecule has 1 aliphatic rings. The first-order valence-electron chi connectivity index (χ1n) is 6.58. The fourth-order valence-electron chi connectivity index (χ4n) is 2.21. The molecule has 1 heterocycles. The molecule has 0 aromatic rings. The van der Waals surface area contributed by atoms with Crippen LogP contribution < -0.4 is 5.32 Å². The summed E-state index contributed by atoms with van der Waals surface area (Å²) in [4.78, 5) is 23.3. The smallest absolute Gasteiger partial charge is 0.326 e. The van der Waals surface area contributed by atoms with E-state index in [0.717, 1.165) is 6.42 Å². The van der Waals surface area contributed by atoms with E-state index in [1.807, 2.05) is 20.8 Å². The molecule has 0 saturated carbocycles. The molecule has 4 atom stereocenters. The molecule has 18 heavy (non-hydrogen) atoms. The molecule has 5 nitrogen and oxygen atoms in total. The van der Waals surface area contributed by atoms with Crippen molar-refractivity contribution in [2.24, 2.45) is 17.8 Å². The Morgan fingerprint density at radius 3 is 2.67 bits per heavy atom. The molecule has 0 radical (unpaired) electrons. The average Bonchev–Trinajstić information content (AvgIpc) is 2.35. The lowest BCUT2D eigenvalue weighted by molar-refractivity contribution is -0.145. The molecular weight excluding hydrogens is 234 g/mol. The van der Waals surface area contributed by atoms with Crippen LogP contribution in [0.5, 0.6) is 0 Å². The van der Waals surface area contributed by atoms with Gasteiger partial charge < -0.3 is 15.2 Å². The van der Waals surface area contributed by atoms with Crippen molar-refractivity contribution in [2.75, 3.05) is 13.2 Å². The molecule has 104 valence electrons. The SMILES string of the molecule is CC[C@H](C)[C@H](NC(=O)C1CCOCC1C)C(=O)O. The maximum absolute atomic E-state index is 12.1. The third-order valence-corrected chi connectivity index (χ3v) is 3.75. The third kappa shape index (κ3) is 3.70. The van der Waals surface area contributed by atoms with Crippen molar-refractivity contribution in [1.82, 2.24) is 5.32 Å². The quantitative estimate of drug-likeness (QED) is 0.778. The summed E-state index contributed by atoms with van der Waals surface area (Å²) in [7, 11) is 0. The highest BCUT2D eigenvalue weighted by Crippen LogP contribution is 2.22. The highest BCUT2D eigenvalue weighted by atomic mass is 16.5. The largest absolute Gasteiger partial charge is 0.480 e. The van der Waals surface area contributed by atoms with Crippen LogP contribution in [0.2, 0.25) is 0 Å². The Bertz CT molecular complexity index is 305. The predicted octanol–water partition coefficient (Wildman–Crippen LogP) is 1.27. The fraction of sp³-hybridized carbons (Fsp3) is 0.846. The topological polar surface area (TPSA) is 75.6 Å². The van der Waals surface area contributed by atoms with Gasteiger partial charge in [0, 0.05) is 19.1 Å². The summed E-state index contributed by atoms with van der Waals surface area (Å²) in [6.07, 6.45) is 1.39. The second-order valence-electron chi connectivity index (χ2n) is 5.16. The van der Waals surface area contributed by atoms with E-state index in [1.54, 1.807) is 0 Å². The maximum atomic E-state index is 12.1. The number of amides is 1. The molecule has 5 heteroatoms. The molecule has 1 aliphatic heterocycles. The zero-order valence-electron chi connectivity index (χ0n) is 11.3. The molecule has 0 aliphatic carbocycles. The number of carboxylic acids is 1. The molecule has 1 amide bonds. The van der Waals surface area contributed by atoms with Crippen LogP contribution in [-0.4, -0.2) is 36.2 Å². The van der Waals surface area contributed by atoms with E-state index in [2.05, 4.69) is 5.32 Å². The Labute approximate surface area is 108 Å². The molecular formula is C13H23NO4. The summed E-state index contributed by atoms with van der Waals surface area (Å²) in [6, 6.07) is -0.794. The number of hydrogen-bond donors (Lipinski definition) is 2. The minimum Gasteiger partial charge on any atom is -0.480 e. The third-order valence-electron chi connectivity index (χ3n) is 3.75. The van der Waals surface area contributed by atoms with E-state index < -0.39 is 12.0 Å². The zero-order valence-corrected chi connectivity index (χ0v) is 11.3. The van der Waals surface area contributed by atoms with Crippen LogP contribution in [-0.2, 0) is 14.3 Å². The van der Waals surface area contributed by atoms with E-state index in [1.165, 1.54) is 0 Å². The van der Waals surface area contributed by atoms with Crippen LogP contribution in [0.3, 0.4) is 0 Å². The van der Waals surface area contributed by atoms with Gasteiger partial charge in [-0.25, -0.2) is 4.79 Å². The van der Waals surface area contributed by atoms with Gasteiger partial charge in [0.05, 0.1) is 0 Å². The highest BCUT2D eigenvalue weighted by Gasteiger charge is 2.32. The van der Waals surface area contributed by atoms with Crippen molar-refractivity contribution >= 4 is 11.9 Å². The van der Waals surface area contributed by atoms with Crippen LogP contribution in [0.1, 0.15) is 33.6 Å². The van der Waals surface area contributed by atoms with Gasteiger partial charge in [-0.15, -0.1) is 0 Å². The average molecular weight is 257 g/mol. The van der Waals surface area contributed by atoms with Crippen molar-refractivity contribution in [3.05, 3.63) is 0 Å². The number of carbonyl (C=O) groups excluding carboxylic acids is 1. The van der Waals surface area contributed by atoms with Gasteiger partial charge in [-0.1, -0.05) is 27.2 Å². The number of nitrogens with one attached hydrogen (secondary N) is 1. The Kier molecular flexibility index (Phi) is 5.59. The van der Waals surface area contributed by atoms with E-state index in [0.29, 0.717) is 19.6 Å². The number of carbonyl (C=O) groups is 2. The predicted molar refractivity (Wildman–Crippen MR) is 67.1 cm³/mol. The van der Waals surface area contributed by atoms with Gasteiger partial charge in [-0.05, 0) is 18.3 Å². The summed E-state index contributed by atoms with van der Waals surface area (Å²) in [5.41, 5.74) is 0. The Morgan fingerprint density at radius 1 is 1.50 bits per heavy atom. The number of ether oxygens (including phenoxy) is 1. The van der Waals surface area contributed by atoms with Gasteiger partial charge in [0.25, 0.3) is 0 Å².